The molecule has 8 nitrogen and oxygen atoms in total. The smallest absolute Gasteiger partial charge is 0.407 e. The van der Waals surface area contributed by atoms with Gasteiger partial charge in [-0.15, -0.1) is 0 Å². The number of aryl methyl sites for hydroxylation is 1. The van der Waals surface area contributed by atoms with Crippen molar-refractivity contribution in [2.75, 3.05) is 5.32 Å². The van der Waals surface area contributed by atoms with Gasteiger partial charge in [0, 0.05) is 40.9 Å². The van der Waals surface area contributed by atoms with Gasteiger partial charge in [0.2, 0.25) is 0 Å². The van der Waals surface area contributed by atoms with Gasteiger partial charge in [-0.1, -0.05) is 23.7 Å². The van der Waals surface area contributed by atoms with E-state index in [4.69, 9.17) is 16.3 Å². The van der Waals surface area contributed by atoms with Gasteiger partial charge < -0.3 is 20.7 Å². The molecule has 3 aromatic rings. The number of ether oxygens (including phenoxy) is 1. The number of carbonyl (C=O) groups is 2. The van der Waals surface area contributed by atoms with Crippen LogP contribution in [0.4, 0.5) is 10.5 Å². The van der Waals surface area contributed by atoms with E-state index >= 15 is 0 Å². The SMILES string of the molecule is Cc1nc(C(=O)NCc2cccc(Cl)c2)c(NC2CCC(NC(=O)OC(C)(C)C)CC2)c2ncccc12. The standard InChI is InChI=1S/C28H34ClN5O3/c1-17-22-9-6-14-30-23(22)24(25(32-17)26(35)31-16-18-7-5-8-19(29)15-18)33-20-10-12-21(13-11-20)34-27(36)37-28(2,3)4/h5-9,14-15,20-21,33H,10-13,16H2,1-4H3,(H,31,35)(H,34,36). The first-order valence-corrected chi connectivity index (χ1v) is 13.0. The minimum atomic E-state index is -0.529. The monoisotopic (exact) mass is 523 g/mol. The lowest BCUT2D eigenvalue weighted by Crippen LogP contribution is -2.42. The second-order valence-corrected chi connectivity index (χ2v) is 10.9. The Kier molecular flexibility index (Phi) is 8.17. The molecule has 4 rings (SSSR count). The third-order valence-electron chi connectivity index (χ3n) is 6.30. The van der Waals surface area contributed by atoms with Crippen LogP contribution in [0.5, 0.6) is 0 Å². The summed E-state index contributed by atoms with van der Waals surface area (Å²) in [6, 6.07) is 11.4. The van der Waals surface area contributed by atoms with Crippen molar-refractivity contribution in [2.24, 2.45) is 0 Å². The minimum absolute atomic E-state index is 0.0550. The Hall–Kier alpha value is -3.39. The Morgan fingerprint density at radius 1 is 1.08 bits per heavy atom. The number of aromatic nitrogens is 2. The molecule has 0 unspecified atom stereocenters. The highest BCUT2D eigenvalue weighted by atomic mass is 35.5. The summed E-state index contributed by atoms with van der Waals surface area (Å²) in [5, 5.41) is 11.0. The molecule has 0 bridgehead atoms. The third kappa shape index (κ3) is 7.10. The zero-order valence-electron chi connectivity index (χ0n) is 21.7. The summed E-state index contributed by atoms with van der Waals surface area (Å²) in [6.07, 6.45) is 4.59. The summed E-state index contributed by atoms with van der Waals surface area (Å²) >= 11 is 6.09. The predicted molar refractivity (Wildman–Crippen MR) is 146 cm³/mol. The molecule has 1 aliphatic rings. The quantitative estimate of drug-likeness (QED) is 0.379. The maximum absolute atomic E-state index is 13.3. The number of rotatable bonds is 6. The van der Waals surface area contributed by atoms with Crippen LogP contribution in [0.2, 0.25) is 5.02 Å². The topological polar surface area (TPSA) is 105 Å². The molecule has 196 valence electrons. The van der Waals surface area contributed by atoms with Gasteiger partial charge in [0.1, 0.15) is 5.60 Å². The summed E-state index contributed by atoms with van der Waals surface area (Å²) in [5.41, 5.74) is 2.79. The summed E-state index contributed by atoms with van der Waals surface area (Å²) in [4.78, 5) is 34.7. The Balaban J connectivity index is 1.49. The summed E-state index contributed by atoms with van der Waals surface area (Å²) in [6.45, 7) is 7.77. The summed E-state index contributed by atoms with van der Waals surface area (Å²) in [5.74, 6) is -0.279. The number of hydrogen-bond donors (Lipinski definition) is 3. The van der Waals surface area contributed by atoms with Crippen molar-refractivity contribution in [1.82, 2.24) is 20.6 Å². The molecule has 1 aliphatic carbocycles. The molecule has 0 saturated heterocycles. The van der Waals surface area contributed by atoms with Gasteiger partial charge in [0.25, 0.3) is 5.91 Å². The van der Waals surface area contributed by atoms with Crippen LogP contribution in [0, 0.1) is 6.92 Å². The average molecular weight is 524 g/mol. The van der Waals surface area contributed by atoms with Crippen molar-refractivity contribution in [3.8, 4) is 0 Å². The van der Waals surface area contributed by atoms with Crippen molar-refractivity contribution in [1.29, 1.82) is 0 Å². The van der Waals surface area contributed by atoms with E-state index in [-0.39, 0.29) is 24.1 Å². The predicted octanol–water partition coefficient (Wildman–Crippen LogP) is 5.77. The highest BCUT2D eigenvalue weighted by molar-refractivity contribution is 6.30. The number of pyridine rings is 2. The van der Waals surface area contributed by atoms with E-state index in [9.17, 15) is 9.59 Å². The lowest BCUT2D eigenvalue weighted by molar-refractivity contribution is 0.0492. The molecule has 3 N–H and O–H groups in total. The zero-order chi connectivity index (χ0) is 26.6. The van der Waals surface area contributed by atoms with Crippen LogP contribution >= 0.6 is 11.6 Å². The van der Waals surface area contributed by atoms with Crippen molar-refractivity contribution >= 4 is 40.2 Å². The molecule has 0 aliphatic heterocycles. The van der Waals surface area contributed by atoms with E-state index < -0.39 is 5.60 Å². The number of amides is 2. The number of hydrogen-bond acceptors (Lipinski definition) is 6. The fraction of sp³-hybridized carbons (Fsp3) is 0.429. The molecule has 0 radical (unpaired) electrons. The minimum Gasteiger partial charge on any atom is -0.444 e. The first kappa shape index (κ1) is 26.7. The summed E-state index contributed by atoms with van der Waals surface area (Å²) in [7, 11) is 0. The van der Waals surface area contributed by atoms with E-state index in [1.165, 1.54) is 0 Å². The molecule has 9 heteroatoms. The van der Waals surface area contributed by atoms with Gasteiger partial charge in [-0.3, -0.25) is 9.78 Å². The Labute approximate surface area is 222 Å². The largest absolute Gasteiger partial charge is 0.444 e. The molecule has 1 saturated carbocycles. The molecular formula is C28H34ClN5O3. The van der Waals surface area contributed by atoms with Crippen molar-refractivity contribution in [3.63, 3.8) is 0 Å². The maximum Gasteiger partial charge on any atom is 0.407 e. The molecule has 0 atom stereocenters. The lowest BCUT2D eigenvalue weighted by Gasteiger charge is -2.31. The normalized spacial score (nSPS) is 17.8. The Bertz CT molecular complexity index is 1280. The van der Waals surface area contributed by atoms with E-state index in [1.807, 2.05) is 58.0 Å². The van der Waals surface area contributed by atoms with Gasteiger partial charge >= 0.3 is 6.09 Å². The number of anilines is 1. The van der Waals surface area contributed by atoms with Crippen LogP contribution in [0.15, 0.2) is 42.6 Å². The molecule has 37 heavy (non-hydrogen) atoms. The zero-order valence-corrected chi connectivity index (χ0v) is 22.5. The highest BCUT2D eigenvalue weighted by Gasteiger charge is 2.27. The number of fused-ring (bicyclic) bond motifs is 1. The second kappa shape index (κ2) is 11.3. The number of halogens is 1. The van der Waals surface area contributed by atoms with E-state index in [1.54, 1.807) is 12.3 Å². The van der Waals surface area contributed by atoms with E-state index in [2.05, 4.69) is 25.9 Å². The lowest BCUT2D eigenvalue weighted by atomic mass is 9.91. The van der Waals surface area contributed by atoms with E-state index in [0.717, 1.165) is 47.8 Å². The van der Waals surface area contributed by atoms with Crippen LogP contribution in [0.3, 0.4) is 0 Å². The molecular weight excluding hydrogens is 490 g/mol. The van der Waals surface area contributed by atoms with Crippen LogP contribution in [0.1, 0.15) is 68.2 Å². The Morgan fingerprint density at radius 2 is 1.81 bits per heavy atom. The maximum atomic E-state index is 13.3. The van der Waals surface area contributed by atoms with Crippen molar-refractivity contribution in [3.05, 3.63) is 64.6 Å². The number of alkyl carbamates (subject to hydrolysis) is 1. The first-order chi connectivity index (χ1) is 17.6. The van der Waals surface area contributed by atoms with Crippen LogP contribution in [0.25, 0.3) is 10.9 Å². The van der Waals surface area contributed by atoms with Gasteiger partial charge in [0.05, 0.1) is 11.2 Å². The molecule has 2 amide bonds. The van der Waals surface area contributed by atoms with Crippen molar-refractivity contribution in [2.45, 2.75) is 77.6 Å². The molecule has 1 fully saturated rings. The van der Waals surface area contributed by atoms with Gasteiger partial charge in [-0.25, -0.2) is 9.78 Å². The number of nitrogens with one attached hydrogen (secondary N) is 3. The summed E-state index contributed by atoms with van der Waals surface area (Å²) < 4.78 is 5.39. The highest BCUT2D eigenvalue weighted by Crippen LogP contribution is 2.30. The fourth-order valence-corrected chi connectivity index (χ4v) is 4.78. The van der Waals surface area contributed by atoms with Crippen LogP contribution < -0.4 is 16.0 Å². The Morgan fingerprint density at radius 3 is 2.51 bits per heavy atom. The number of carbonyl (C=O) groups excluding carboxylic acids is 2. The molecule has 1 aromatic carbocycles. The van der Waals surface area contributed by atoms with Crippen LogP contribution in [-0.2, 0) is 11.3 Å². The third-order valence-corrected chi connectivity index (χ3v) is 6.54. The van der Waals surface area contributed by atoms with E-state index in [0.29, 0.717) is 22.9 Å². The number of benzene rings is 1. The van der Waals surface area contributed by atoms with Gasteiger partial charge in [-0.2, -0.15) is 0 Å². The van der Waals surface area contributed by atoms with Crippen LogP contribution in [-0.4, -0.2) is 39.7 Å². The molecule has 2 aromatic heterocycles. The first-order valence-electron chi connectivity index (χ1n) is 12.6. The fourth-order valence-electron chi connectivity index (χ4n) is 4.57. The molecule has 2 heterocycles. The number of nitrogens with zero attached hydrogens (tertiary/aromatic N) is 2. The van der Waals surface area contributed by atoms with Gasteiger partial charge in [-0.05, 0) is 83.2 Å². The van der Waals surface area contributed by atoms with Gasteiger partial charge in [0.15, 0.2) is 5.69 Å². The second-order valence-electron chi connectivity index (χ2n) is 10.5. The van der Waals surface area contributed by atoms with Crippen molar-refractivity contribution < 1.29 is 14.3 Å². The average Bonchev–Trinajstić information content (AvgIpc) is 2.84. The molecule has 0 spiro atoms.